The van der Waals surface area contributed by atoms with Crippen LogP contribution in [0.3, 0.4) is 0 Å². The zero-order valence-corrected chi connectivity index (χ0v) is 56.7. The monoisotopic (exact) mass is 1320 g/mol. The molecule has 0 aliphatic heterocycles. The molecule has 0 aliphatic carbocycles. The molecule has 20 rings (SSSR count). The van der Waals surface area contributed by atoms with Crippen LogP contribution in [0.25, 0.3) is 194 Å². The molecule has 0 spiro atoms. The number of nitrogens with zero attached hydrogens (tertiary/aromatic N) is 7. The highest BCUT2D eigenvalue weighted by Crippen LogP contribution is 2.53. The van der Waals surface area contributed by atoms with Crippen molar-refractivity contribution in [3.8, 4) is 107 Å². The predicted octanol–water partition coefficient (Wildman–Crippen LogP) is 24.7. The molecule has 14 aromatic carbocycles. The van der Waals surface area contributed by atoms with E-state index in [2.05, 4.69) is 320 Å². The number of furan rings is 1. The molecule has 0 aliphatic rings. The highest BCUT2D eigenvalue weighted by atomic mass is 16.3. The second kappa shape index (κ2) is 23.8. The van der Waals surface area contributed by atoms with E-state index in [1.54, 1.807) is 0 Å². The summed E-state index contributed by atoms with van der Waals surface area (Å²) in [5.74, 6) is 1.65. The molecule has 0 unspecified atom stereocenters. The summed E-state index contributed by atoms with van der Waals surface area (Å²) in [6, 6.07) is 118. The maximum absolute atomic E-state index is 7.26. The Morgan fingerprint density at radius 1 is 0.233 bits per heavy atom. The van der Waals surface area contributed by atoms with Crippen molar-refractivity contribution >= 4 is 87.4 Å². The first-order valence-corrected chi connectivity index (χ1v) is 35.1. The molecule has 0 atom stereocenters. The third kappa shape index (κ3) is 9.74. The average Bonchev–Trinajstić information content (AvgIpc) is 1.65. The number of aromatic nitrogens is 7. The minimum atomic E-state index is 0.524. The van der Waals surface area contributed by atoms with Crippen LogP contribution in [0.2, 0.25) is 0 Å². The average molecular weight is 1320 g/mol. The SMILES string of the molecule is Cc1ccc2c(c1)c1ccccc1n2-c1ccc(-c2nc(-c3ccc(-n4c5ccccc5c5cc(C)ccc54)cc3)c(-c3cccc4c3oc3ccccc34)c(-c3ccccc3-c3nc(-c4ccccc4)nc(-c4ccccc4)n3)c2-c2ccc(-n3c4ccccc4c4cc(C)ccc43)cc2)cc1. The molecule has 8 heteroatoms. The summed E-state index contributed by atoms with van der Waals surface area (Å²) in [4.78, 5) is 22.6. The van der Waals surface area contributed by atoms with Crippen LogP contribution in [-0.2, 0) is 0 Å². The third-order valence-electron chi connectivity index (χ3n) is 20.7. The Hall–Kier alpha value is -13.6. The van der Waals surface area contributed by atoms with Gasteiger partial charge in [-0.25, -0.2) is 19.9 Å². The van der Waals surface area contributed by atoms with Gasteiger partial charge in [-0.1, -0.05) is 247 Å². The fourth-order valence-electron chi connectivity index (χ4n) is 16.0. The fourth-order valence-corrected chi connectivity index (χ4v) is 16.0. The number of rotatable bonds is 11. The smallest absolute Gasteiger partial charge is 0.164 e. The van der Waals surface area contributed by atoms with Crippen LogP contribution >= 0.6 is 0 Å². The molecule has 103 heavy (non-hydrogen) atoms. The van der Waals surface area contributed by atoms with Crippen molar-refractivity contribution in [3.05, 3.63) is 344 Å². The second-order valence-electron chi connectivity index (χ2n) is 27.1. The van der Waals surface area contributed by atoms with Crippen LogP contribution in [0.5, 0.6) is 0 Å². The lowest BCUT2D eigenvalue weighted by atomic mass is 9.81. The van der Waals surface area contributed by atoms with Crippen LogP contribution in [-0.4, -0.2) is 33.6 Å². The first-order valence-electron chi connectivity index (χ1n) is 35.1. The van der Waals surface area contributed by atoms with E-state index in [4.69, 9.17) is 24.4 Å². The summed E-state index contributed by atoms with van der Waals surface area (Å²) >= 11 is 0. The zero-order valence-electron chi connectivity index (χ0n) is 56.7. The summed E-state index contributed by atoms with van der Waals surface area (Å²) in [6.45, 7) is 6.50. The van der Waals surface area contributed by atoms with Crippen LogP contribution in [0, 0.1) is 20.8 Å². The quantitative estimate of drug-likeness (QED) is 0.129. The van der Waals surface area contributed by atoms with Gasteiger partial charge in [0.05, 0.1) is 44.5 Å². The van der Waals surface area contributed by atoms with Crippen LogP contribution < -0.4 is 0 Å². The van der Waals surface area contributed by atoms with E-state index in [0.29, 0.717) is 17.5 Å². The van der Waals surface area contributed by atoms with Crippen molar-refractivity contribution in [2.75, 3.05) is 0 Å². The highest BCUT2D eigenvalue weighted by molar-refractivity contribution is 6.17. The minimum absolute atomic E-state index is 0.524. The van der Waals surface area contributed by atoms with E-state index in [0.717, 1.165) is 145 Å². The van der Waals surface area contributed by atoms with Gasteiger partial charge in [-0.05, 0) is 129 Å². The van der Waals surface area contributed by atoms with Gasteiger partial charge in [-0.15, -0.1) is 0 Å². The lowest BCUT2D eigenvalue weighted by molar-refractivity contribution is 0.670. The van der Waals surface area contributed by atoms with E-state index >= 15 is 0 Å². The second-order valence-corrected chi connectivity index (χ2v) is 27.1. The molecule has 484 valence electrons. The van der Waals surface area contributed by atoms with Gasteiger partial charge in [-0.2, -0.15) is 0 Å². The Kier molecular flexibility index (Phi) is 13.8. The van der Waals surface area contributed by atoms with E-state index in [9.17, 15) is 0 Å². The summed E-state index contributed by atoms with van der Waals surface area (Å²) in [7, 11) is 0. The summed E-state index contributed by atoms with van der Waals surface area (Å²) < 4.78 is 14.4. The molecule has 0 N–H and O–H groups in total. The van der Waals surface area contributed by atoms with Gasteiger partial charge in [-0.3, -0.25) is 0 Å². The van der Waals surface area contributed by atoms with E-state index in [1.807, 2.05) is 42.5 Å². The highest BCUT2D eigenvalue weighted by Gasteiger charge is 2.31. The Labute approximate surface area is 594 Å². The molecule has 6 aromatic heterocycles. The van der Waals surface area contributed by atoms with Crippen molar-refractivity contribution in [2.45, 2.75) is 20.8 Å². The van der Waals surface area contributed by atoms with Crippen LogP contribution in [0.1, 0.15) is 16.7 Å². The molecule has 0 radical (unpaired) electrons. The standard InChI is InChI=1S/C95H63N7O/c1-58-37-52-83-77(55-58)69-25-12-16-33-80(69)100(83)66-46-40-61(41-47-66)87-88(73-29-10-11-30-75(73)95-98-93(64-21-6-4-7-22-64)97-94(99-95)65-23-8-5-9-24-65)89(76-32-20-31-74-72-28-15-19-36-86(72)103-92(74)76)91(63-44-50-68(51-45-63)102-82-35-18-14-27-71(82)79-57-60(3)39-54-85(79)102)96-90(87)62-42-48-67(49-43-62)101-81-34-17-13-26-70(81)78-56-59(2)38-53-84(78)101/h4-57H,1-3H3. The van der Waals surface area contributed by atoms with Gasteiger partial charge in [0.1, 0.15) is 11.2 Å². The number of hydrogen-bond acceptors (Lipinski definition) is 5. The lowest BCUT2D eigenvalue weighted by Crippen LogP contribution is -2.05. The van der Waals surface area contributed by atoms with Gasteiger partial charge in [0, 0.05) is 110 Å². The molecule has 0 bridgehead atoms. The molecule has 6 heterocycles. The third-order valence-corrected chi connectivity index (χ3v) is 20.7. The molecular weight excluding hydrogens is 1260 g/mol. The van der Waals surface area contributed by atoms with Gasteiger partial charge in [0.15, 0.2) is 17.5 Å². The Morgan fingerprint density at radius 2 is 0.602 bits per heavy atom. The van der Waals surface area contributed by atoms with Crippen molar-refractivity contribution in [1.82, 2.24) is 33.6 Å². The molecule has 8 nitrogen and oxygen atoms in total. The number of hydrogen-bond donors (Lipinski definition) is 0. The summed E-state index contributed by atoms with van der Waals surface area (Å²) in [6.07, 6.45) is 0. The Balaban J connectivity index is 0.919. The lowest BCUT2D eigenvalue weighted by Gasteiger charge is -2.25. The molecular formula is C95H63N7O. The van der Waals surface area contributed by atoms with Crippen molar-refractivity contribution < 1.29 is 4.42 Å². The minimum Gasteiger partial charge on any atom is -0.455 e. The van der Waals surface area contributed by atoms with Gasteiger partial charge >= 0.3 is 0 Å². The van der Waals surface area contributed by atoms with Crippen LogP contribution in [0.15, 0.2) is 332 Å². The topological polar surface area (TPSA) is 79.5 Å². The molecule has 0 fully saturated rings. The molecule has 20 aromatic rings. The van der Waals surface area contributed by atoms with Gasteiger partial charge in [0.25, 0.3) is 0 Å². The van der Waals surface area contributed by atoms with Gasteiger partial charge in [0.2, 0.25) is 0 Å². The van der Waals surface area contributed by atoms with Crippen LogP contribution in [0.4, 0.5) is 0 Å². The van der Waals surface area contributed by atoms with E-state index < -0.39 is 0 Å². The first kappa shape index (κ1) is 59.5. The summed E-state index contributed by atoms with van der Waals surface area (Å²) in [5.41, 5.74) is 26.6. The summed E-state index contributed by atoms with van der Waals surface area (Å²) in [5, 5.41) is 9.30. The molecule has 0 saturated heterocycles. The number of aryl methyl sites for hydroxylation is 3. The number of benzene rings is 14. The molecule has 0 amide bonds. The van der Waals surface area contributed by atoms with Crippen molar-refractivity contribution in [3.63, 3.8) is 0 Å². The van der Waals surface area contributed by atoms with E-state index in [-0.39, 0.29) is 0 Å². The Bertz CT molecular complexity index is 6740. The predicted molar refractivity (Wildman–Crippen MR) is 426 cm³/mol. The fraction of sp³-hybridized carbons (Fsp3) is 0.0316. The normalized spacial score (nSPS) is 11.8. The van der Waals surface area contributed by atoms with Crippen molar-refractivity contribution in [2.24, 2.45) is 0 Å². The Morgan fingerprint density at radius 3 is 1.09 bits per heavy atom. The number of pyridine rings is 1. The molecule has 0 saturated carbocycles. The zero-order chi connectivity index (χ0) is 68.4. The van der Waals surface area contributed by atoms with Crippen molar-refractivity contribution in [1.29, 1.82) is 0 Å². The first-order chi connectivity index (χ1) is 50.8. The van der Waals surface area contributed by atoms with Gasteiger partial charge < -0.3 is 18.1 Å². The maximum atomic E-state index is 7.26. The number of fused-ring (bicyclic) bond motifs is 12. The van der Waals surface area contributed by atoms with E-state index in [1.165, 1.54) is 49.0 Å². The number of para-hydroxylation sites is 5. The largest absolute Gasteiger partial charge is 0.455 e. The maximum Gasteiger partial charge on any atom is 0.164 e.